The summed E-state index contributed by atoms with van der Waals surface area (Å²) in [6, 6.07) is 2.70. The molecular formula is C12H13ClF3NO. The molecule has 1 saturated carbocycles. The zero-order valence-corrected chi connectivity index (χ0v) is 10.2. The van der Waals surface area contributed by atoms with Crippen LogP contribution in [0.15, 0.2) is 18.2 Å². The van der Waals surface area contributed by atoms with Crippen LogP contribution in [0.4, 0.5) is 13.2 Å². The average Bonchev–Trinajstić information content (AvgIpc) is 3.10. The first-order valence-corrected chi connectivity index (χ1v) is 5.99. The maximum atomic E-state index is 12.7. The monoisotopic (exact) mass is 279 g/mol. The first-order valence-electron chi connectivity index (χ1n) is 5.61. The van der Waals surface area contributed by atoms with Gasteiger partial charge >= 0.3 is 6.18 Å². The first kappa shape index (κ1) is 13.6. The second-order valence-corrected chi connectivity index (χ2v) is 5.00. The van der Waals surface area contributed by atoms with Gasteiger partial charge in [0.25, 0.3) is 0 Å². The Bertz CT molecular complexity index is 445. The van der Waals surface area contributed by atoms with E-state index in [9.17, 15) is 18.3 Å². The molecule has 2 atom stereocenters. The summed E-state index contributed by atoms with van der Waals surface area (Å²) in [5.41, 5.74) is 5.12. The van der Waals surface area contributed by atoms with Gasteiger partial charge in [-0.25, -0.2) is 0 Å². The van der Waals surface area contributed by atoms with E-state index < -0.39 is 23.9 Å². The zero-order chi connectivity index (χ0) is 13.5. The van der Waals surface area contributed by atoms with Crippen LogP contribution in [-0.2, 0) is 6.18 Å². The summed E-state index contributed by atoms with van der Waals surface area (Å²) in [6.07, 6.45) is -3.58. The van der Waals surface area contributed by atoms with Crippen molar-refractivity contribution in [3.05, 3.63) is 34.3 Å². The number of benzene rings is 1. The molecule has 2 rings (SSSR count). The molecule has 0 aromatic heterocycles. The Kier molecular flexibility index (Phi) is 3.58. The van der Waals surface area contributed by atoms with Crippen LogP contribution in [-0.4, -0.2) is 11.2 Å². The van der Waals surface area contributed by atoms with Crippen molar-refractivity contribution in [1.29, 1.82) is 0 Å². The van der Waals surface area contributed by atoms with E-state index in [0.29, 0.717) is 0 Å². The molecule has 0 amide bonds. The fraction of sp³-hybridized carbons (Fsp3) is 0.500. The zero-order valence-electron chi connectivity index (χ0n) is 9.41. The maximum Gasteiger partial charge on any atom is 0.417 e. The van der Waals surface area contributed by atoms with Gasteiger partial charge in [-0.05, 0) is 36.5 Å². The maximum absolute atomic E-state index is 12.7. The summed E-state index contributed by atoms with van der Waals surface area (Å²) in [5, 5.41) is 9.47. The highest BCUT2D eigenvalue weighted by atomic mass is 35.5. The number of rotatable bonds is 3. The van der Waals surface area contributed by atoms with Gasteiger partial charge in [0.05, 0.1) is 22.7 Å². The fourth-order valence-electron chi connectivity index (χ4n) is 1.90. The number of halogens is 4. The number of aliphatic hydroxyl groups excluding tert-OH is 1. The summed E-state index contributed by atoms with van der Waals surface area (Å²) in [4.78, 5) is 0. The van der Waals surface area contributed by atoms with E-state index in [1.807, 2.05) is 0 Å². The van der Waals surface area contributed by atoms with Gasteiger partial charge in [0.1, 0.15) is 0 Å². The molecule has 1 aliphatic rings. The Balaban J connectivity index is 2.28. The van der Waals surface area contributed by atoms with Crippen molar-refractivity contribution in [3.8, 4) is 0 Å². The van der Waals surface area contributed by atoms with Crippen molar-refractivity contribution in [2.24, 2.45) is 11.7 Å². The molecule has 2 nitrogen and oxygen atoms in total. The summed E-state index contributed by atoms with van der Waals surface area (Å²) in [7, 11) is 0. The highest BCUT2D eigenvalue weighted by molar-refractivity contribution is 6.31. The van der Waals surface area contributed by atoms with Gasteiger partial charge in [-0.2, -0.15) is 13.2 Å². The molecule has 0 bridgehead atoms. The van der Waals surface area contributed by atoms with Crippen molar-refractivity contribution in [2.75, 3.05) is 0 Å². The lowest BCUT2D eigenvalue weighted by Gasteiger charge is -2.20. The second-order valence-electron chi connectivity index (χ2n) is 4.59. The molecule has 1 aromatic rings. The first-order chi connectivity index (χ1) is 8.30. The summed E-state index contributed by atoms with van der Waals surface area (Å²) in [5.74, 6) is 0.102. The molecule has 0 saturated heterocycles. The van der Waals surface area contributed by atoms with E-state index in [2.05, 4.69) is 0 Å². The Hall–Kier alpha value is -0.780. The van der Waals surface area contributed by atoms with E-state index in [1.54, 1.807) is 0 Å². The minimum absolute atomic E-state index is 0.102. The molecule has 0 unspecified atom stereocenters. The van der Waals surface area contributed by atoms with Crippen LogP contribution in [0.5, 0.6) is 0 Å². The molecule has 18 heavy (non-hydrogen) atoms. The molecule has 1 aromatic carbocycles. The summed E-state index contributed by atoms with van der Waals surface area (Å²) >= 11 is 5.52. The van der Waals surface area contributed by atoms with Crippen LogP contribution in [0.2, 0.25) is 5.02 Å². The van der Waals surface area contributed by atoms with Crippen LogP contribution in [0.25, 0.3) is 0 Å². The largest absolute Gasteiger partial charge is 0.417 e. The number of hydrogen-bond donors (Lipinski definition) is 2. The molecule has 100 valence electrons. The van der Waals surface area contributed by atoms with Crippen LogP contribution in [0.1, 0.15) is 30.0 Å². The van der Waals surface area contributed by atoms with Gasteiger partial charge in [-0.3, -0.25) is 0 Å². The van der Waals surface area contributed by atoms with E-state index in [-0.39, 0.29) is 16.5 Å². The molecule has 1 aliphatic carbocycles. The minimum Gasteiger partial charge on any atom is -0.391 e. The van der Waals surface area contributed by atoms with E-state index in [0.717, 1.165) is 18.9 Å². The lowest BCUT2D eigenvalue weighted by Crippen LogP contribution is -2.28. The average molecular weight is 280 g/mol. The van der Waals surface area contributed by atoms with Gasteiger partial charge in [0.15, 0.2) is 0 Å². The lowest BCUT2D eigenvalue weighted by atomic mass is 9.97. The van der Waals surface area contributed by atoms with E-state index in [4.69, 9.17) is 17.3 Å². The summed E-state index contributed by atoms with van der Waals surface area (Å²) in [6.45, 7) is 0. The van der Waals surface area contributed by atoms with Crippen molar-refractivity contribution < 1.29 is 18.3 Å². The summed E-state index contributed by atoms with van der Waals surface area (Å²) < 4.78 is 38.0. The number of alkyl halides is 3. The molecule has 3 N–H and O–H groups in total. The Morgan fingerprint density at radius 2 is 1.94 bits per heavy atom. The van der Waals surface area contributed by atoms with Crippen LogP contribution in [0, 0.1) is 5.92 Å². The Morgan fingerprint density at radius 3 is 2.44 bits per heavy atom. The smallest absolute Gasteiger partial charge is 0.391 e. The third kappa shape index (κ3) is 2.79. The molecular weight excluding hydrogens is 267 g/mol. The van der Waals surface area contributed by atoms with Crippen molar-refractivity contribution >= 4 is 11.6 Å². The minimum atomic E-state index is -4.52. The van der Waals surface area contributed by atoms with Gasteiger partial charge < -0.3 is 10.8 Å². The quantitative estimate of drug-likeness (QED) is 0.893. The molecule has 1 fully saturated rings. The predicted octanol–water partition coefficient (Wildman–Crippen LogP) is 3.13. The topological polar surface area (TPSA) is 46.2 Å². The van der Waals surface area contributed by atoms with Crippen molar-refractivity contribution in [1.82, 2.24) is 0 Å². The van der Waals surface area contributed by atoms with Crippen LogP contribution in [0.3, 0.4) is 0 Å². The lowest BCUT2D eigenvalue weighted by molar-refractivity contribution is -0.137. The highest BCUT2D eigenvalue weighted by Gasteiger charge is 2.37. The molecule has 0 radical (unpaired) electrons. The van der Waals surface area contributed by atoms with Gasteiger partial charge in [-0.15, -0.1) is 0 Å². The SMILES string of the molecule is N[C@@H](c1ccc(Cl)c(C(F)(F)F)c1)[C@H](O)C1CC1. The fourth-order valence-corrected chi connectivity index (χ4v) is 2.12. The van der Waals surface area contributed by atoms with Crippen LogP contribution < -0.4 is 5.73 Å². The molecule has 6 heteroatoms. The van der Waals surface area contributed by atoms with Gasteiger partial charge in [0.2, 0.25) is 0 Å². The van der Waals surface area contributed by atoms with Crippen molar-refractivity contribution in [2.45, 2.75) is 31.2 Å². The molecule has 0 spiro atoms. The number of aliphatic hydroxyl groups is 1. The van der Waals surface area contributed by atoms with E-state index in [1.165, 1.54) is 12.1 Å². The molecule has 0 heterocycles. The van der Waals surface area contributed by atoms with Crippen molar-refractivity contribution in [3.63, 3.8) is 0 Å². The van der Waals surface area contributed by atoms with Gasteiger partial charge in [0, 0.05) is 0 Å². The highest BCUT2D eigenvalue weighted by Crippen LogP contribution is 2.39. The normalized spacial score (nSPS) is 19.7. The Labute approximate surface area is 108 Å². The standard InChI is InChI=1S/C12H13ClF3NO/c13-9-4-3-7(5-8(9)12(14,15)16)10(17)11(18)6-1-2-6/h3-6,10-11,18H,1-2,17H2/t10-,11+/m0/s1. The second kappa shape index (κ2) is 4.72. The number of hydrogen-bond acceptors (Lipinski definition) is 2. The third-order valence-electron chi connectivity index (χ3n) is 3.15. The predicted molar refractivity (Wildman–Crippen MR) is 62.1 cm³/mol. The van der Waals surface area contributed by atoms with Gasteiger partial charge in [-0.1, -0.05) is 17.7 Å². The van der Waals surface area contributed by atoms with E-state index >= 15 is 0 Å². The third-order valence-corrected chi connectivity index (χ3v) is 3.48. The Morgan fingerprint density at radius 1 is 1.33 bits per heavy atom. The number of nitrogens with two attached hydrogens (primary N) is 1. The van der Waals surface area contributed by atoms with Crippen LogP contribution >= 0.6 is 11.6 Å². The molecule has 0 aliphatic heterocycles.